The van der Waals surface area contributed by atoms with Gasteiger partial charge in [0.15, 0.2) is 5.78 Å². The lowest BCUT2D eigenvalue weighted by atomic mass is 10.1. The Morgan fingerprint density at radius 2 is 1.89 bits per heavy atom. The van der Waals surface area contributed by atoms with Crippen molar-refractivity contribution < 1.29 is 13.2 Å². The topological polar surface area (TPSA) is 81.1 Å². The number of imidazole rings is 1. The molecule has 1 aliphatic rings. The molecule has 2 heterocycles. The zero-order chi connectivity index (χ0) is 19.7. The average Bonchev–Trinajstić information content (AvgIpc) is 3.12. The number of carbonyl (C=O) groups excluding carboxylic acids is 1. The number of hydrogen-bond donors (Lipinski definition) is 1. The molecule has 144 valence electrons. The van der Waals surface area contributed by atoms with Crippen molar-refractivity contribution in [2.24, 2.45) is 0 Å². The summed E-state index contributed by atoms with van der Waals surface area (Å²) in [6.07, 6.45) is 5.40. The standard InChI is InChI=1S/C21H21N3O3S/c1-15(25)17-5-4-6-19(13-17)28(26,27)23-18-10-8-16(9-11-18)20-14-24-12-3-2-7-21(24)22-20/h4-6,8-11,13-14,23H,2-3,7,12H2,1H3. The molecule has 0 amide bonds. The molecule has 0 bridgehead atoms. The lowest BCUT2D eigenvalue weighted by Crippen LogP contribution is -2.13. The van der Waals surface area contributed by atoms with Crippen molar-refractivity contribution in [1.29, 1.82) is 0 Å². The number of benzene rings is 2. The molecule has 7 heteroatoms. The van der Waals surface area contributed by atoms with Crippen molar-refractivity contribution in [3.05, 3.63) is 66.1 Å². The second-order valence-corrected chi connectivity index (χ2v) is 8.64. The van der Waals surface area contributed by atoms with Crippen LogP contribution >= 0.6 is 0 Å². The summed E-state index contributed by atoms with van der Waals surface area (Å²) >= 11 is 0. The van der Waals surface area contributed by atoms with Gasteiger partial charge in [0.1, 0.15) is 5.82 Å². The minimum absolute atomic E-state index is 0.0612. The number of nitrogens with one attached hydrogen (secondary N) is 1. The van der Waals surface area contributed by atoms with Crippen LogP contribution in [0, 0.1) is 0 Å². The first-order valence-electron chi connectivity index (χ1n) is 9.23. The SMILES string of the molecule is CC(=O)c1cccc(S(=O)(=O)Nc2ccc(-c3cn4c(n3)CCCC4)cc2)c1. The Morgan fingerprint density at radius 1 is 1.11 bits per heavy atom. The zero-order valence-electron chi connectivity index (χ0n) is 15.6. The average molecular weight is 395 g/mol. The summed E-state index contributed by atoms with van der Waals surface area (Å²) in [7, 11) is -3.77. The molecular formula is C21H21N3O3S. The molecule has 0 unspecified atom stereocenters. The van der Waals surface area contributed by atoms with E-state index >= 15 is 0 Å². The van der Waals surface area contributed by atoms with Gasteiger partial charge >= 0.3 is 0 Å². The van der Waals surface area contributed by atoms with Gasteiger partial charge in [0, 0.05) is 36.0 Å². The van der Waals surface area contributed by atoms with Crippen molar-refractivity contribution in [2.75, 3.05) is 4.72 Å². The van der Waals surface area contributed by atoms with Gasteiger partial charge in [-0.05, 0) is 44.0 Å². The van der Waals surface area contributed by atoms with E-state index in [2.05, 4.69) is 15.5 Å². The van der Waals surface area contributed by atoms with Gasteiger partial charge in [-0.1, -0.05) is 24.3 Å². The highest BCUT2D eigenvalue weighted by Gasteiger charge is 2.16. The Morgan fingerprint density at radius 3 is 2.61 bits per heavy atom. The third-order valence-corrected chi connectivity index (χ3v) is 6.27. The highest BCUT2D eigenvalue weighted by Crippen LogP contribution is 2.25. The molecule has 0 radical (unpaired) electrons. The Balaban J connectivity index is 1.55. The van der Waals surface area contributed by atoms with Crippen LogP contribution in [0.5, 0.6) is 0 Å². The molecule has 6 nitrogen and oxygen atoms in total. The van der Waals surface area contributed by atoms with Gasteiger partial charge in [-0.25, -0.2) is 13.4 Å². The van der Waals surface area contributed by atoms with Gasteiger partial charge < -0.3 is 4.57 Å². The monoisotopic (exact) mass is 395 g/mol. The van der Waals surface area contributed by atoms with Gasteiger partial charge in [-0.3, -0.25) is 9.52 Å². The van der Waals surface area contributed by atoms with E-state index in [1.54, 1.807) is 24.3 Å². The number of sulfonamides is 1. The third kappa shape index (κ3) is 3.71. The quantitative estimate of drug-likeness (QED) is 0.665. The van der Waals surface area contributed by atoms with E-state index in [1.807, 2.05) is 12.1 Å². The lowest BCUT2D eigenvalue weighted by Gasteiger charge is -2.11. The summed E-state index contributed by atoms with van der Waals surface area (Å²) in [5.41, 5.74) is 2.67. The number of aryl methyl sites for hydroxylation is 2. The number of ketones is 1. The van der Waals surface area contributed by atoms with E-state index in [4.69, 9.17) is 4.98 Å². The fourth-order valence-electron chi connectivity index (χ4n) is 3.36. The Bertz CT molecular complexity index is 1110. The Kier molecular flexibility index (Phi) is 4.77. The number of Topliss-reactive ketones (excluding diaryl/α,β-unsaturated/α-hetero) is 1. The van der Waals surface area contributed by atoms with E-state index in [0.717, 1.165) is 30.0 Å². The third-order valence-electron chi connectivity index (χ3n) is 4.89. The number of nitrogens with zero attached hydrogens (tertiary/aromatic N) is 2. The first-order chi connectivity index (χ1) is 13.4. The zero-order valence-corrected chi connectivity index (χ0v) is 16.4. The molecule has 1 aromatic heterocycles. The molecule has 1 N–H and O–H groups in total. The van der Waals surface area contributed by atoms with E-state index in [0.29, 0.717) is 11.3 Å². The smallest absolute Gasteiger partial charge is 0.261 e. The van der Waals surface area contributed by atoms with Gasteiger partial charge in [0.05, 0.1) is 10.6 Å². The van der Waals surface area contributed by atoms with E-state index < -0.39 is 10.0 Å². The van der Waals surface area contributed by atoms with Crippen LogP contribution in [0.15, 0.2) is 59.6 Å². The van der Waals surface area contributed by atoms with Crippen LogP contribution in [0.2, 0.25) is 0 Å². The van der Waals surface area contributed by atoms with E-state index in [1.165, 1.54) is 31.9 Å². The predicted octanol–water partition coefficient (Wildman–Crippen LogP) is 3.89. The molecule has 0 aliphatic carbocycles. The molecule has 3 aromatic rings. The second-order valence-electron chi connectivity index (χ2n) is 6.96. The summed E-state index contributed by atoms with van der Waals surface area (Å²) in [5.74, 6) is 0.931. The molecule has 0 spiro atoms. The number of fused-ring (bicyclic) bond motifs is 1. The largest absolute Gasteiger partial charge is 0.334 e. The van der Waals surface area contributed by atoms with Crippen molar-refractivity contribution in [3.63, 3.8) is 0 Å². The minimum atomic E-state index is -3.77. The van der Waals surface area contributed by atoms with Crippen LogP contribution in [0.25, 0.3) is 11.3 Å². The van der Waals surface area contributed by atoms with E-state index in [9.17, 15) is 13.2 Å². The first kappa shape index (κ1) is 18.4. The van der Waals surface area contributed by atoms with Gasteiger partial charge in [0.25, 0.3) is 10.0 Å². The number of aromatic nitrogens is 2. The second kappa shape index (κ2) is 7.24. The Hall–Kier alpha value is -2.93. The maximum atomic E-state index is 12.6. The van der Waals surface area contributed by atoms with Crippen LogP contribution in [-0.4, -0.2) is 23.8 Å². The van der Waals surface area contributed by atoms with Gasteiger partial charge in [-0.2, -0.15) is 0 Å². The molecule has 1 aliphatic heterocycles. The van der Waals surface area contributed by atoms with Crippen LogP contribution in [-0.2, 0) is 23.0 Å². The van der Waals surface area contributed by atoms with Gasteiger partial charge in [-0.15, -0.1) is 0 Å². The molecule has 0 atom stereocenters. The molecular weight excluding hydrogens is 374 g/mol. The summed E-state index contributed by atoms with van der Waals surface area (Å²) in [6, 6.07) is 13.2. The normalized spacial score (nSPS) is 13.8. The Labute approximate surface area is 164 Å². The first-order valence-corrected chi connectivity index (χ1v) is 10.7. The summed E-state index contributed by atoms with van der Waals surface area (Å²) < 4.78 is 30.0. The molecule has 0 saturated heterocycles. The summed E-state index contributed by atoms with van der Waals surface area (Å²) in [5, 5.41) is 0. The van der Waals surface area contributed by atoms with Crippen molar-refractivity contribution in [2.45, 2.75) is 37.6 Å². The highest BCUT2D eigenvalue weighted by atomic mass is 32.2. The minimum Gasteiger partial charge on any atom is -0.334 e. The van der Waals surface area contributed by atoms with Crippen molar-refractivity contribution >= 4 is 21.5 Å². The fourth-order valence-corrected chi connectivity index (χ4v) is 4.46. The molecule has 28 heavy (non-hydrogen) atoms. The molecule has 0 saturated carbocycles. The van der Waals surface area contributed by atoms with Crippen LogP contribution < -0.4 is 4.72 Å². The van der Waals surface area contributed by atoms with Crippen LogP contribution in [0.3, 0.4) is 0 Å². The maximum absolute atomic E-state index is 12.6. The summed E-state index contributed by atoms with van der Waals surface area (Å²) in [4.78, 5) is 16.3. The maximum Gasteiger partial charge on any atom is 0.261 e. The van der Waals surface area contributed by atoms with Gasteiger partial charge in [0.2, 0.25) is 0 Å². The van der Waals surface area contributed by atoms with Crippen molar-refractivity contribution in [3.8, 4) is 11.3 Å². The van der Waals surface area contributed by atoms with Crippen LogP contribution in [0.1, 0.15) is 35.9 Å². The highest BCUT2D eigenvalue weighted by molar-refractivity contribution is 7.92. The fraction of sp³-hybridized carbons (Fsp3) is 0.238. The molecule has 0 fully saturated rings. The number of rotatable bonds is 5. The summed E-state index contributed by atoms with van der Waals surface area (Å²) in [6.45, 7) is 2.41. The van der Waals surface area contributed by atoms with E-state index in [-0.39, 0.29) is 10.7 Å². The number of hydrogen-bond acceptors (Lipinski definition) is 4. The lowest BCUT2D eigenvalue weighted by molar-refractivity contribution is 0.101. The molecule has 4 rings (SSSR count). The predicted molar refractivity (Wildman–Crippen MR) is 108 cm³/mol. The number of anilines is 1. The number of carbonyl (C=O) groups is 1. The van der Waals surface area contributed by atoms with Crippen LogP contribution in [0.4, 0.5) is 5.69 Å². The molecule has 2 aromatic carbocycles. The van der Waals surface area contributed by atoms with Crippen molar-refractivity contribution in [1.82, 2.24) is 9.55 Å².